The Morgan fingerprint density at radius 3 is 2.88 bits per heavy atom. The monoisotopic (exact) mass is 282 g/mol. The molecule has 0 saturated heterocycles. The first kappa shape index (κ1) is 10.8. The highest BCUT2D eigenvalue weighted by molar-refractivity contribution is 9.10. The molecular weight excluding hydrogens is 276 g/mol. The van der Waals surface area contributed by atoms with Crippen LogP contribution in [-0.2, 0) is 4.79 Å². The first-order chi connectivity index (χ1) is 7.58. The molecule has 1 heterocycles. The highest BCUT2D eigenvalue weighted by Crippen LogP contribution is 2.21. The van der Waals surface area contributed by atoms with Gasteiger partial charge in [0.2, 0.25) is 0 Å². The highest BCUT2D eigenvalue weighted by Gasteiger charge is 2.16. The minimum atomic E-state index is -1.16. The van der Waals surface area contributed by atoms with Crippen molar-refractivity contribution in [3.8, 4) is 0 Å². The number of Topliss-reactive ketones (excluding diaryl/α,β-unsaturated/α-hetero) is 1. The van der Waals surface area contributed by atoms with E-state index >= 15 is 0 Å². The number of fused-ring (bicyclic) bond motifs is 1. The SMILES string of the molecule is O=C(O)CC(=O)c1n[nH]c2ccc(Br)cc12. The number of hydrogen-bond acceptors (Lipinski definition) is 3. The van der Waals surface area contributed by atoms with E-state index in [1.165, 1.54) is 0 Å². The molecule has 0 unspecified atom stereocenters. The molecule has 0 amide bonds. The summed E-state index contributed by atoms with van der Waals surface area (Å²) in [7, 11) is 0. The number of benzene rings is 1. The van der Waals surface area contributed by atoms with Crippen LogP contribution in [0.25, 0.3) is 10.9 Å². The van der Waals surface area contributed by atoms with Crippen molar-refractivity contribution in [2.45, 2.75) is 6.42 Å². The number of hydrogen-bond donors (Lipinski definition) is 2. The Kier molecular flexibility index (Phi) is 2.74. The van der Waals surface area contributed by atoms with E-state index in [9.17, 15) is 9.59 Å². The summed E-state index contributed by atoms with van der Waals surface area (Å²) in [6.07, 6.45) is -0.549. The first-order valence-electron chi connectivity index (χ1n) is 4.46. The molecule has 1 aromatic heterocycles. The quantitative estimate of drug-likeness (QED) is 0.666. The molecule has 0 atom stereocenters. The van der Waals surface area contributed by atoms with Gasteiger partial charge in [-0.2, -0.15) is 5.10 Å². The van der Waals surface area contributed by atoms with E-state index in [0.29, 0.717) is 10.9 Å². The number of carbonyl (C=O) groups excluding carboxylic acids is 1. The Morgan fingerprint density at radius 2 is 2.19 bits per heavy atom. The number of ketones is 1. The van der Waals surface area contributed by atoms with Crippen molar-refractivity contribution in [1.29, 1.82) is 0 Å². The topological polar surface area (TPSA) is 83.0 Å². The van der Waals surface area contributed by atoms with E-state index in [1.807, 2.05) is 6.07 Å². The number of aliphatic carboxylic acids is 1. The van der Waals surface area contributed by atoms with Gasteiger partial charge in [-0.25, -0.2) is 0 Å². The summed E-state index contributed by atoms with van der Waals surface area (Å²) in [5, 5.41) is 15.7. The van der Waals surface area contributed by atoms with E-state index < -0.39 is 18.2 Å². The molecule has 0 saturated carbocycles. The summed E-state index contributed by atoms with van der Waals surface area (Å²) in [6, 6.07) is 5.31. The van der Waals surface area contributed by atoms with Crippen LogP contribution in [0.3, 0.4) is 0 Å². The maximum Gasteiger partial charge on any atom is 0.311 e. The lowest BCUT2D eigenvalue weighted by atomic mass is 10.1. The summed E-state index contributed by atoms with van der Waals surface area (Å²) in [4.78, 5) is 22.0. The second-order valence-electron chi connectivity index (χ2n) is 3.26. The standard InChI is InChI=1S/C10H7BrN2O3/c11-5-1-2-7-6(3-5)10(13-12-7)8(14)4-9(15)16/h1-3H,4H2,(H,12,13)(H,15,16). The van der Waals surface area contributed by atoms with Gasteiger partial charge in [-0.15, -0.1) is 0 Å². The lowest BCUT2D eigenvalue weighted by Gasteiger charge is -1.94. The Morgan fingerprint density at radius 1 is 1.44 bits per heavy atom. The van der Waals surface area contributed by atoms with Gasteiger partial charge in [-0.1, -0.05) is 15.9 Å². The van der Waals surface area contributed by atoms with Gasteiger partial charge in [0, 0.05) is 9.86 Å². The second kappa shape index (κ2) is 4.05. The van der Waals surface area contributed by atoms with Crippen molar-refractivity contribution in [1.82, 2.24) is 10.2 Å². The van der Waals surface area contributed by atoms with Crippen LogP contribution >= 0.6 is 15.9 Å². The molecule has 2 rings (SSSR count). The lowest BCUT2D eigenvalue weighted by molar-refractivity contribution is -0.135. The Bertz CT molecular complexity index is 576. The molecule has 0 aliphatic carbocycles. The van der Waals surface area contributed by atoms with Crippen LogP contribution < -0.4 is 0 Å². The minimum Gasteiger partial charge on any atom is -0.481 e. The van der Waals surface area contributed by atoms with Crippen LogP contribution in [0.15, 0.2) is 22.7 Å². The number of carboxylic acid groups (broad SMARTS) is 1. The van der Waals surface area contributed by atoms with E-state index in [4.69, 9.17) is 5.11 Å². The van der Waals surface area contributed by atoms with Crippen molar-refractivity contribution in [2.75, 3.05) is 0 Å². The lowest BCUT2D eigenvalue weighted by Crippen LogP contribution is -2.07. The second-order valence-corrected chi connectivity index (χ2v) is 4.17. The van der Waals surface area contributed by atoms with Crippen molar-refractivity contribution >= 4 is 38.6 Å². The third kappa shape index (κ3) is 1.96. The number of nitrogens with one attached hydrogen (secondary N) is 1. The van der Waals surface area contributed by atoms with Gasteiger partial charge < -0.3 is 5.11 Å². The van der Waals surface area contributed by atoms with Gasteiger partial charge >= 0.3 is 5.97 Å². The smallest absolute Gasteiger partial charge is 0.311 e. The van der Waals surface area contributed by atoms with Gasteiger partial charge in [0.1, 0.15) is 12.1 Å². The molecule has 82 valence electrons. The molecule has 16 heavy (non-hydrogen) atoms. The summed E-state index contributed by atoms with van der Waals surface area (Å²) in [5.74, 6) is -1.66. The van der Waals surface area contributed by atoms with Crippen LogP contribution in [0.4, 0.5) is 0 Å². The number of carbonyl (C=O) groups is 2. The Labute approximate surface area is 98.6 Å². The maximum absolute atomic E-state index is 11.6. The average Bonchev–Trinajstić information content (AvgIpc) is 2.59. The molecule has 6 heteroatoms. The zero-order valence-corrected chi connectivity index (χ0v) is 9.61. The van der Waals surface area contributed by atoms with Crippen LogP contribution in [-0.4, -0.2) is 27.1 Å². The summed E-state index contributed by atoms with van der Waals surface area (Å²) < 4.78 is 0.811. The van der Waals surface area contributed by atoms with E-state index in [0.717, 1.165) is 4.47 Å². The molecule has 0 radical (unpaired) electrons. The fourth-order valence-electron chi connectivity index (χ4n) is 1.42. The summed E-state index contributed by atoms with van der Waals surface area (Å²) in [6.45, 7) is 0. The number of H-pyrrole nitrogens is 1. The van der Waals surface area contributed by atoms with E-state index in [-0.39, 0.29) is 5.69 Å². The normalized spacial score (nSPS) is 10.6. The molecule has 0 fully saturated rings. The van der Waals surface area contributed by atoms with Gasteiger partial charge in [0.15, 0.2) is 5.78 Å². The van der Waals surface area contributed by atoms with Gasteiger partial charge in [0.25, 0.3) is 0 Å². The van der Waals surface area contributed by atoms with Crippen LogP contribution in [0.1, 0.15) is 16.9 Å². The predicted octanol–water partition coefficient (Wildman–Crippen LogP) is 1.98. The van der Waals surface area contributed by atoms with E-state index in [1.54, 1.807) is 12.1 Å². The minimum absolute atomic E-state index is 0.165. The van der Waals surface area contributed by atoms with Gasteiger partial charge in [-0.3, -0.25) is 14.7 Å². The van der Waals surface area contributed by atoms with Gasteiger partial charge in [0.05, 0.1) is 5.52 Å². The van der Waals surface area contributed by atoms with Crippen molar-refractivity contribution < 1.29 is 14.7 Å². The molecule has 1 aromatic carbocycles. The fraction of sp³-hybridized carbons (Fsp3) is 0.100. The molecule has 2 aromatic rings. The summed E-state index contributed by atoms with van der Waals surface area (Å²) in [5.41, 5.74) is 0.871. The van der Waals surface area contributed by atoms with Crippen LogP contribution in [0, 0.1) is 0 Å². The number of aromatic nitrogens is 2. The predicted molar refractivity (Wildman–Crippen MR) is 60.4 cm³/mol. The number of carboxylic acids is 1. The Hall–Kier alpha value is -1.69. The van der Waals surface area contributed by atoms with Crippen LogP contribution in [0.5, 0.6) is 0 Å². The average molecular weight is 283 g/mol. The third-order valence-corrected chi connectivity index (χ3v) is 2.59. The largest absolute Gasteiger partial charge is 0.481 e. The number of aromatic amines is 1. The van der Waals surface area contributed by atoms with E-state index in [2.05, 4.69) is 26.1 Å². The number of nitrogens with zero attached hydrogens (tertiary/aromatic N) is 1. The zero-order valence-electron chi connectivity index (χ0n) is 8.03. The van der Waals surface area contributed by atoms with Gasteiger partial charge in [-0.05, 0) is 18.2 Å². The van der Waals surface area contributed by atoms with Crippen molar-refractivity contribution in [3.63, 3.8) is 0 Å². The Balaban J connectivity index is 2.48. The molecule has 2 N–H and O–H groups in total. The molecule has 0 aliphatic heterocycles. The molecule has 0 aliphatic rings. The zero-order chi connectivity index (χ0) is 11.7. The molecule has 0 bridgehead atoms. The van der Waals surface area contributed by atoms with Crippen molar-refractivity contribution in [3.05, 3.63) is 28.4 Å². The molecule has 0 spiro atoms. The third-order valence-electron chi connectivity index (χ3n) is 2.10. The number of rotatable bonds is 3. The maximum atomic E-state index is 11.6. The van der Waals surface area contributed by atoms with Crippen molar-refractivity contribution in [2.24, 2.45) is 0 Å². The molecule has 5 nitrogen and oxygen atoms in total. The molecular formula is C10H7BrN2O3. The highest BCUT2D eigenvalue weighted by atomic mass is 79.9. The summed E-state index contributed by atoms with van der Waals surface area (Å²) >= 11 is 3.28. The van der Waals surface area contributed by atoms with Crippen LogP contribution in [0.2, 0.25) is 0 Å². The fourth-order valence-corrected chi connectivity index (χ4v) is 1.78. The first-order valence-corrected chi connectivity index (χ1v) is 5.26. The number of halogens is 1.